The lowest BCUT2D eigenvalue weighted by molar-refractivity contribution is -0.0387. The first-order valence-electron chi connectivity index (χ1n) is 9.12. The summed E-state index contributed by atoms with van der Waals surface area (Å²) >= 11 is 0. The van der Waals surface area contributed by atoms with E-state index in [2.05, 4.69) is 0 Å². The quantitative estimate of drug-likeness (QED) is 0.922. The minimum absolute atomic E-state index is 0.0470. The van der Waals surface area contributed by atoms with E-state index in [1.54, 1.807) is 0 Å². The van der Waals surface area contributed by atoms with E-state index in [1.165, 1.54) is 0 Å². The Labute approximate surface area is 144 Å². The lowest BCUT2D eigenvalue weighted by Crippen LogP contribution is -2.46. The van der Waals surface area contributed by atoms with E-state index in [0.29, 0.717) is 6.42 Å². The van der Waals surface area contributed by atoms with Gasteiger partial charge < -0.3 is 14.7 Å². The van der Waals surface area contributed by atoms with Crippen molar-refractivity contribution in [2.45, 2.75) is 63.6 Å². The third-order valence-electron chi connectivity index (χ3n) is 5.35. The SMILES string of the molecule is CC(C)(O)CCc1cccc(C(=O)N2CCC3(CCCO3)CC2)c1. The maximum atomic E-state index is 12.8. The normalized spacial score (nSPS) is 20.5. The van der Waals surface area contributed by atoms with Gasteiger partial charge in [-0.25, -0.2) is 0 Å². The number of carbonyl (C=O) groups is 1. The maximum Gasteiger partial charge on any atom is 0.253 e. The molecule has 24 heavy (non-hydrogen) atoms. The molecule has 0 radical (unpaired) electrons. The van der Waals surface area contributed by atoms with Crippen LogP contribution >= 0.6 is 0 Å². The summed E-state index contributed by atoms with van der Waals surface area (Å²) in [6.45, 7) is 6.07. The van der Waals surface area contributed by atoms with Gasteiger partial charge in [0.1, 0.15) is 0 Å². The van der Waals surface area contributed by atoms with Gasteiger partial charge in [-0.15, -0.1) is 0 Å². The number of benzene rings is 1. The Morgan fingerprint density at radius 3 is 2.67 bits per heavy atom. The van der Waals surface area contributed by atoms with Crippen molar-refractivity contribution in [2.75, 3.05) is 19.7 Å². The average molecular weight is 331 g/mol. The highest BCUT2D eigenvalue weighted by molar-refractivity contribution is 5.94. The number of aliphatic hydroxyl groups is 1. The molecule has 1 N–H and O–H groups in total. The zero-order valence-corrected chi connectivity index (χ0v) is 14.9. The molecule has 0 aliphatic carbocycles. The first kappa shape index (κ1) is 17.4. The highest BCUT2D eigenvalue weighted by Gasteiger charge is 2.39. The Morgan fingerprint density at radius 2 is 2.04 bits per heavy atom. The van der Waals surface area contributed by atoms with E-state index < -0.39 is 5.60 Å². The first-order valence-corrected chi connectivity index (χ1v) is 9.12. The number of ether oxygens (including phenoxy) is 1. The van der Waals surface area contributed by atoms with Crippen LogP contribution in [0.5, 0.6) is 0 Å². The number of piperidine rings is 1. The van der Waals surface area contributed by atoms with E-state index in [4.69, 9.17) is 4.74 Å². The molecule has 1 spiro atoms. The van der Waals surface area contributed by atoms with Crippen LogP contribution < -0.4 is 0 Å². The standard InChI is InChI=1S/C20H29NO3/c1-19(2,23)9-7-16-5-3-6-17(15-16)18(22)21-12-10-20(11-13-21)8-4-14-24-20/h3,5-6,15,23H,4,7-14H2,1-2H3. The van der Waals surface area contributed by atoms with E-state index in [-0.39, 0.29) is 11.5 Å². The van der Waals surface area contributed by atoms with Gasteiger partial charge in [-0.2, -0.15) is 0 Å². The van der Waals surface area contributed by atoms with E-state index in [0.717, 1.165) is 62.9 Å². The topological polar surface area (TPSA) is 49.8 Å². The Balaban J connectivity index is 1.61. The van der Waals surface area contributed by atoms with Crippen molar-refractivity contribution in [3.8, 4) is 0 Å². The van der Waals surface area contributed by atoms with Gasteiger partial charge >= 0.3 is 0 Å². The molecule has 4 heteroatoms. The largest absolute Gasteiger partial charge is 0.390 e. The maximum absolute atomic E-state index is 12.8. The van der Waals surface area contributed by atoms with Crippen molar-refractivity contribution >= 4 is 5.91 Å². The Kier molecular flexibility index (Phi) is 4.97. The second-order valence-corrected chi connectivity index (χ2v) is 7.94. The Bertz CT molecular complexity index is 575. The van der Waals surface area contributed by atoms with Gasteiger partial charge in [0.2, 0.25) is 0 Å². The molecule has 2 aliphatic rings. The van der Waals surface area contributed by atoms with Crippen molar-refractivity contribution in [3.05, 3.63) is 35.4 Å². The predicted octanol–water partition coefficient (Wildman–Crippen LogP) is 3.18. The lowest BCUT2D eigenvalue weighted by atomic mass is 9.88. The highest BCUT2D eigenvalue weighted by atomic mass is 16.5. The molecule has 0 saturated carbocycles. The van der Waals surface area contributed by atoms with Crippen molar-refractivity contribution in [3.63, 3.8) is 0 Å². The summed E-state index contributed by atoms with van der Waals surface area (Å²) in [4.78, 5) is 14.8. The Morgan fingerprint density at radius 1 is 1.29 bits per heavy atom. The van der Waals surface area contributed by atoms with Crippen LogP contribution in [-0.2, 0) is 11.2 Å². The van der Waals surface area contributed by atoms with Crippen LogP contribution in [0.15, 0.2) is 24.3 Å². The van der Waals surface area contributed by atoms with Crippen LogP contribution in [-0.4, -0.2) is 46.8 Å². The number of rotatable bonds is 4. The number of hydrogen-bond acceptors (Lipinski definition) is 3. The molecule has 1 aromatic rings. The molecule has 2 heterocycles. The summed E-state index contributed by atoms with van der Waals surface area (Å²) in [5, 5.41) is 9.88. The summed E-state index contributed by atoms with van der Waals surface area (Å²) in [6.07, 6.45) is 5.67. The summed E-state index contributed by atoms with van der Waals surface area (Å²) < 4.78 is 5.94. The zero-order chi connectivity index (χ0) is 17.2. The van der Waals surface area contributed by atoms with Crippen molar-refractivity contribution in [1.29, 1.82) is 0 Å². The molecule has 2 saturated heterocycles. The van der Waals surface area contributed by atoms with E-state index in [9.17, 15) is 9.90 Å². The molecule has 3 rings (SSSR count). The number of aryl methyl sites for hydroxylation is 1. The second-order valence-electron chi connectivity index (χ2n) is 7.94. The monoisotopic (exact) mass is 331 g/mol. The van der Waals surface area contributed by atoms with Crippen LogP contribution in [0.1, 0.15) is 61.9 Å². The molecule has 0 bridgehead atoms. The van der Waals surface area contributed by atoms with Crippen molar-refractivity contribution < 1.29 is 14.6 Å². The van der Waals surface area contributed by atoms with Gasteiger partial charge in [0.15, 0.2) is 0 Å². The molecule has 1 amide bonds. The fraction of sp³-hybridized carbons (Fsp3) is 0.650. The van der Waals surface area contributed by atoms with Crippen LogP contribution in [0.3, 0.4) is 0 Å². The Hall–Kier alpha value is -1.39. The molecule has 132 valence electrons. The number of hydrogen-bond donors (Lipinski definition) is 1. The highest BCUT2D eigenvalue weighted by Crippen LogP contribution is 2.35. The van der Waals surface area contributed by atoms with Gasteiger partial charge in [0.25, 0.3) is 5.91 Å². The lowest BCUT2D eigenvalue weighted by Gasteiger charge is -2.38. The molecule has 0 unspecified atom stereocenters. The summed E-state index contributed by atoms with van der Waals surface area (Å²) in [7, 11) is 0. The first-order chi connectivity index (χ1) is 11.4. The van der Waals surface area contributed by atoms with E-state index in [1.807, 2.05) is 43.0 Å². The molecule has 1 aromatic carbocycles. The number of likely N-dealkylation sites (tertiary alicyclic amines) is 1. The molecule has 4 nitrogen and oxygen atoms in total. The van der Waals surface area contributed by atoms with E-state index >= 15 is 0 Å². The molecule has 2 aliphatic heterocycles. The fourth-order valence-electron chi connectivity index (χ4n) is 3.76. The summed E-state index contributed by atoms with van der Waals surface area (Å²) in [5.41, 5.74) is 1.23. The van der Waals surface area contributed by atoms with Gasteiger partial charge in [-0.1, -0.05) is 12.1 Å². The van der Waals surface area contributed by atoms with Gasteiger partial charge in [-0.3, -0.25) is 4.79 Å². The van der Waals surface area contributed by atoms with Crippen LogP contribution in [0.25, 0.3) is 0 Å². The molecular weight excluding hydrogens is 302 g/mol. The minimum Gasteiger partial charge on any atom is -0.390 e. The second kappa shape index (κ2) is 6.85. The van der Waals surface area contributed by atoms with Crippen molar-refractivity contribution in [1.82, 2.24) is 4.90 Å². The van der Waals surface area contributed by atoms with Gasteiger partial charge in [0.05, 0.1) is 11.2 Å². The third-order valence-corrected chi connectivity index (χ3v) is 5.35. The summed E-state index contributed by atoms with van der Waals surface area (Å²) in [5.74, 6) is 0.118. The number of nitrogens with zero attached hydrogens (tertiary/aromatic N) is 1. The molecule has 0 atom stereocenters. The molecule has 0 aromatic heterocycles. The van der Waals surface area contributed by atoms with Gasteiger partial charge in [-0.05, 0) is 70.1 Å². The molecular formula is C20H29NO3. The number of carbonyl (C=O) groups excluding carboxylic acids is 1. The molecule has 2 fully saturated rings. The third kappa shape index (κ3) is 4.17. The van der Waals surface area contributed by atoms with Gasteiger partial charge in [0, 0.05) is 25.3 Å². The summed E-state index contributed by atoms with van der Waals surface area (Å²) in [6, 6.07) is 7.84. The predicted molar refractivity (Wildman–Crippen MR) is 94.1 cm³/mol. The van der Waals surface area contributed by atoms with Crippen molar-refractivity contribution in [2.24, 2.45) is 0 Å². The zero-order valence-electron chi connectivity index (χ0n) is 14.9. The van der Waals surface area contributed by atoms with Crippen LogP contribution in [0, 0.1) is 0 Å². The fourth-order valence-corrected chi connectivity index (χ4v) is 3.76. The van der Waals surface area contributed by atoms with Crippen LogP contribution in [0.2, 0.25) is 0 Å². The minimum atomic E-state index is -0.678. The van der Waals surface area contributed by atoms with Crippen LogP contribution in [0.4, 0.5) is 0 Å². The average Bonchev–Trinajstić information content (AvgIpc) is 3.01. The number of amides is 1. The smallest absolute Gasteiger partial charge is 0.253 e.